The van der Waals surface area contributed by atoms with Crippen molar-refractivity contribution in [3.63, 3.8) is 0 Å². The van der Waals surface area contributed by atoms with Gasteiger partial charge in [-0.3, -0.25) is 0 Å². The van der Waals surface area contributed by atoms with Gasteiger partial charge >= 0.3 is 11.9 Å². The van der Waals surface area contributed by atoms with Gasteiger partial charge in [-0.25, -0.2) is 9.59 Å². The van der Waals surface area contributed by atoms with Gasteiger partial charge in [-0.15, -0.1) is 22.7 Å². The number of aryl methyl sites for hydroxylation is 1. The van der Waals surface area contributed by atoms with E-state index in [9.17, 15) is 19.8 Å². The topological polar surface area (TPSA) is 74.6 Å². The van der Waals surface area contributed by atoms with E-state index in [2.05, 4.69) is 0 Å². The zero-order chi connectivity index (χ0) is 18.7. The van der Waals surface area contributed by atoms with Crippen molar-refractivity contribution < 1.29 is 19.8 Å². The van der Waals surface area contributed by atoms with Crippen molar-refractivity contribution in [1.82, 2.24) is 0 Å². The molecule has 1 saturated carbocycles. The highest BCUT2D eigenvalue weighted by Gasteiger charge is 2.29. The third-order valence-electron chi connectivity index (χ3n) is 5.38. The lowest BCUT2D eigenvalue weighted by atomic mass is 9.92. The monoisotopic (exact) mass is 394 g/mol. The van der Waals surface area contributed by atoms with Crippen LogP contribution in [0.15, 0.2) is 0 Å². The van der Waals surface area contributed by atoms with E-state index in [0.29, 0.717) is 25.4 Å². The Hall–Kier alpha value is -1.40. The summed E-state index contributed by atoms with van der Waals surface area (Å²) in [4.78, 5) is 25.3. The Balaban J connectivity index is 2.02. The first-order valence-corrected chi connectivity index (χ1v) is 11.2. The number of rotatable bonds is 3. The maximum atomic E-state index is 12.0. The average molecular weight is 395 g/mol. The molecule has 0 saturated heterocycles. The summed E-state index contributed by atoms with van der Waals surface area (Å²) >= 11 is 2.73. The molecule has 0 aromatic carbocycles. The molecule has 26 heavy (non-hydrogen) atoms. The minimum Gasteiger partial charge on any atom is -0.478 e. The van der Waals surface area contributed by atoms with Crippen LogP contribution in [-0.4, -0.2) is 22.2 Å². The predicted octanol–water partition coefficient (Wildman–Crippen LogP) is 6.67. The SMILES string of the molecule is Cc1sc2c(C(=O)O)c(C3CCCCCCCCCC3)sc2c1C(=O)O. The molecule has 0 radical (unpaired) electrons. The zero-order valence-corrected chi connectivity index (χ0v) is 16.8. The number of hydrogen-bond donors (Lipinski definition) is 2. The maximum absolute atomic E-state index is 12.0. The summed E-state index contributed by atoms with van der Waals surface area (Å²) in [7, 11) is 0. The van der Waals surface area contributed by atoms with Crippen LogP contribution in [0.1, 0.15) is 101 Å². The third kappa shape index (κ3) is 3.96. The van der Waals surface area contributed by atoms with Gasteiger partial charge in [0, 0.05) is 9.75 Å². The number of fused-ring (bicyclic) bond motifs is 1. The molecule has 142 valence electrons. The Bertz CT molecular complexity index is 790. The normalized spacial score (nSPS) is 17.9. The summed E-state index contributed by atoms with van der Waals surface area (Å²) in [6.07, 6.45) is 11.8. The summed E-state index contributed by atoms with van der Waals surface area (Å²) in [5, 5.41) is 19.4. The number of carboxylic acids is 2. The molecule has 2 heterocycles. The highest BCUT2D eigenvalue weighted by Crippen LogP contribution is 2.46. The Morgan fingerprint density at radius 1 is 0.769 bits per heavy atom. The average Bonchev–Trinajstić information content (AvgIpc) is 3.05. The van der Waals surface area contributed by atoms with Crippen molar-refractivity contribution in [2.24, 2.45) is 0 Å². The van der Waals surface area contributed by atoms with Gasteiger partial charge in [0.05, 0.1) is 20.5 Å². The second-order valence-corrected chi connectivity index (χ2v) is 9.52. The first-order chi connectivity index (χ1) is 12.5. The largest absolute Gasteiger partial charge is 0.478 e. The van der Waals surface area contributed by atoms with Crippen LogP contribution in [-0.2, 0) is 0 Å². The van der Waals surface area contributed by atoms with Crippen molar-refractivity contribution in [1.29, 1.82) is 0 Å². The van der Waals surface area contributed by atoms with E-state index < -0.39 is 11.9 Å². The van der Waals surface area contributed by atoms with E-state index in [0.717, 1.165) is 30.6 Å². The van der Waals surface area contributed by atoms with E-state index in [4.69, 9.17) is 0 Å². The summed E-state index contributed by atoms with van der Waals surface area (Å²) in [6, 6.07) is 0. The third-order valence-corrected chi connectivity index (χ3v) is 8.00. The summed E-state index contributed by atoms with van der Waals surface area (Å²) in [5.41, 5.74) is 0.658. The molecule has 1 aliphatic rings. The molecule has 0 bridgehead atoms. The second-order valence-electron chi connectivity index (χ2n) is 7.25. The van der Waals surface area contributed by atoms with Crippen molar-refractivity contribution in [2.75, 3.05) is 0 Å². The van der Waals surface area contributed by atoms with Crippen LogP contribution in [0, 0.1) is 6.92 Å². The van der Waals surface area contributed by atoms with Crippen molar-refractivity contribution in [3.8, 4) is 0 Å². The molecule has 0 atom stereocenters. The minimum atomic E-state index is -0.957. The zero-order valence-electron chi connectivity index (χ0n) is 15.2. The van der Waals surface area contributed by atoms with Crippen molar-refractivity contribution in [3.05, 3.63) is 20.9 Å². The summed E-state index contributed by atoms with van der Waals surface area (Å²) in [6.45, 7) is 1.76. The van der Waals surface area contributed by atoms with Crippen LogP contribution in [0.5, 0.6) is 0 Å². The molecule has 0 aliphatic heterocycles. The number of aromatic carboxylic acids is 2. The van der Waals surface area contributed by atoms with Gasteiger partial charge in [0.25, 0.3) is 0 Å². The van der Waals surface area contributed by atoms with Crippen LogP contribution in [0.25, 0.3) is 9.40 Å². The molecule has 2 aromatic rings. The van der Waals surface area contributed by atoms with Gasteiger partial charge in [0.1, 0.15) is 0 Å². The molecule has 0 unspecified atom stereocenters. The molecule has 3 rings (SSSR count). The molecule has 0 amide bonds. The molecule has 6 heteroatoms. The standard InChI is InChI=1S/C20H26O4S2/c1-12-14(19(21)22)17-18(25-12)15(20(23)24)16(26-17)13-10-8-6-4-2-3-5-7-9-11-13/h13H,2-11H2,1H3,(H,21,22)(H,23,24). The molecule has 1 aliphatic carbocycles. The van der Waals surface area contributed by atoms with Gasteiger partial charge in [-0.2, -0.15) is 0 Å². The van der Waals surface area contributed by atoms with Gasteiger partial charge in [0.15, 0.2) is 0 Å². The van der Waals surface area contributed by atoms with Gasteiger partial charge in [-0.1, -0.05) is 51.4 Å². The quantitative estimate of drug-likeness (QED) is 0.610. The predicted molar refractivity (Wildman–Crippen MR) is 107 cm³/mol. The smallest absolute Gasteiger partial charge is 0.338 e. The lowest BCUT2D eigenvalue weighted by Gasteiger charge is -2.16. The van der Waals surface area contributed by atoms with E-state index in [1.165, 1.54) is 61.2 Å². The highest BCUT2D eigenvalue weighted by molar-refractivity contribution is 7.29. The number of hydrogen-bond acceptors (Lipinski definition) is 4. The Kier molecular flexibility index (Phi) is 6.35. The summed E-state index contributed by atoms with van der Waals surface area (Å²) in [5.74, 6) is -1.63. The maximum Gasteiger partial charge on any atom is 0.338 e. The number of carbonyl (C=O) groups is 2. The molecule has 2 aromatic heterocycles. The van der Waals surface area contributed by atoms with Crippen LogP contribution in [0.2, 0.25) is 0 Å². The van der Waals surface area contributed by atoms with Crippen LogP contribution in [0.3, 0.4) is 0 Å². The first kappa shape index (κ1) is 19.4. The van der Waals surface area contributed by atoms with Crippen molar-refractivity contribution >= 4 is 44.0 Å². The minimum absolute atomic E-state index is 0.241. The van der Waals surface area contributed by atoms with E-state index >= 15 is 0 Å². The van der Waals surface area contributed by atoms with Gasteiger partial charge in [0.2, 0.25) is 0 Å². The van der Waals surface area contributed by atoms with Gasteiger partial charge < -0.3 is 10.2 Å². The fourth-order valence-corrected chi connectivity index (χ4v) is 6.97. The number of carboxylic acid groups (broad SMARTS) is 2. The molecular weight excluding hydrogens is 368 g/mol. The van der Waals surface area contributed by atoms with Gasteiger partial charge in [-0.05, 0) is 25.7 Å². The molecule has 2 N–H and O–H groups in total. The van der Waals surface area contributed by atoms with Crippen LogP contribution < -0.4 is 0 Å². The van der Waals surface area contributed by atoms with E-state index in [1.807, 2.05) is 0 Å². The fourth-order valence-electron chi connectivity index (χ4n) is 4.05. The molecule has 4 nitrogen and oxygen atoms in total. The van der Waals surface area contributed by atoms with Crippen LogP contribution in [0.4, 0.5) is 0 Å². The van der Waals surface area contributed by atoms with Crippen LogP contribution >= 0.6 is 22.7 Å². The molecule has 0 spiro atoms. The Morgan fingerprint density at radius 2 is 1.23 bits per heavy atom. The van der Waals surface area contributed by atoms with Crippen molar-refractivity contribution in [2.45, 2.75) is 77.0 Å². The lowest BCUT2D eigenvalue weighted by molar-refractivity contribution is 0.0686. The lowest BCUT2D eigenvalue weighted by Crippen LogP contribution is -2.05. The molecular formula is C20H26O4S2. The summed E-state index contributed by atoms with van der Waals surface area (Å²) < 4.78 is 1.31. The van der Waals surface area contributed by atoms with E-state index in [1.54, 1.807) is 6.92 Å². The first-order valence-electron chi connectivity index (χ1n) is 9.53. The Morgan fingerprint density at radius 3 is 1.73 bits per heavy atom. The highest BCUT2D eigenvalue weighted by atomic mass is 32.1. The fraction of sp³-hybridized carbons (Fsp3) is 0.600. The second kappa shape index (κ2) is 8.53. The molecule has 1 fully saturated rings. The van der Waals surface area contributed by atoms with E-state index in [-0.39, 0.29) is 5.92 Å². The Labute approximate surface area is 161 Å². The number of thiophene rings is 2.